The van der Waals surface area contributed by atoms with Crippen LogP contribution in [-0.2, 0) is 27.8 Å². The normalized spacial score (nSPS) is 18.2. The van der Waals surface area contributed by atoms with Crippen molar-refractivity contribution in [3.05, 3.63) is 78.1 Å². The molecule has 14 nitrogen and oxygen atoms in total. The smallest absolute Gasteiger partial charge is 0.409 e. The van der Waals surface area contributed by atoms with E-state index in [-0.39, 0.29) is 43.7 Å². The van der Waals surface area contributed by atoms with Gasteiger partial charge in [0.15, 0.2) is 18.1 Å². The Balaban J connectivity index is 1.18. The molecule has 0 aliphatic carbocycles. The van der Waals surface area contributed by atoms with Crippen LogP contribution in [-0.4, -0.2) is 83.8 Å². The Morgan fingerprint density at radius 2 is 1.82 bits per heavy atom. The second kappa shape index (κ2) is 14.2. The van der Waals surface area contributed by atoms with Gasteiger partial charge in [0, 0.05) is 19.2 Å². The lowest BCUT2D eigenvalue weighted by Crippen LogP contribution is -2.50. The van der Waals surface area contributed by atoms with Gasteiger partial charge < -0.3 is 33.3 Å². The van der Waals surface area contributed by atoms with Crippen molar-refractivity contribution >= 4 is 16.1 Å². The Morgan fingerprint density at radius 3 is 2.54 bits per heavy atom. The maximum Gasteiger partial charge on any atom is 0.409 e. The van der Waals surface area contributed by atoms with Crippen LogP contribution in [0.3, 0.4) is 0 Å². The van der Waals surface area contributed by atoms with Crippen molar-refractivity contribution in [2.24, 2.45) is 5.92 Å². The first-order chi connectivity index (χ1) is 23.9. The van der Waals surface area contributed by atoms with Gasteiger partial charge in [-0.3, -0.25) is 4.90 Å². The van der Waals surface area contributed by atoms with E-state index in [0.717, 1.165) is 5.56 Å². The molecule has 15 heteroatoms. The second-order valence-electron chi connectivity index (χ2n) is 12.9. The number of hydrogen-bond donors (Lipinski definition) is 1. The predicted molar refractivity (Wildman–Crippen MR) is 180 cm³/mol. The number of carbonyl (C=O) groups is 1. The van der Waals surface area contributed by atoms with E-state index in [4.69, 9.17) is 28.2 Å². The zero-order valence-corrected chi connectivity index (χ0v) is 29.3. The molecule has 3 aromatic carbocycles. The second-order valence-corrected chi connectivity index (χ2v) is 14.8. The van der Waals surface area contributed by atoms with Crippen LogP contribution in [0, 0.1) is 5.92 Å². The van der Waals surface area contributed by atoms with Gasteiger partial charge in [-0.25, -0.2) is 13.2 Å². The molecule has 0 spiro atoms. The summed E-state index contributed by atoms with van der Waals surface area (Å²) in [6.07, 6.45) is -1.66. The van der Waals surface area contributed by atoms with E-state index in [1.165, 1.54) is 21.3 Å². The summed E-state index contributed by atoms with van der Waals surface area (Å²) >= 11 is 0. The van der Waals surface area contributed by atoms with Crippen LogP contribution >= 0.6 is 0 Å². The average Bonchev–Trinajstić information content (AvgIpc) is 3.81. The maximum atomic E-state index is 14.0. The Kier molecular flexibility index (Phi) is 9.91. The number of fused-ring (bicyclic) bond motifs is 1. The van der Waals surface area contributed by atoms with Crippen molar-refractivity contribution < 1.29 is 46.5 Å². The third-order valence-electron chi connectivity index (χ3n) is 8.46. The fourth-order valence-electron chi connectivity index (χ4n) is 6.24. The highest BCUT2D eigenvalue weighted by atomic mass is 32.2. The van der Waals surface area contributed by atoms with Gasteiger partial charge in [0.25, 0.3) is 5.89 Å². The summed E-state index contributed by atoms with van der Waals surface area (Å²) in [7, 11) is -2.45. The number of para-hydroxylation sites is 1. The van der Waals surface area contributed by atoms with E-state index in [0.29, 0.717) is 40.3 Å². The van der Waals surface area contributed by atoms with Crippen LogP contribution in [0.15, 0.2) is 76.1 Å². The van der Waals surface area contributed by atoms with E-state index in [1.807, 2.05) is 44.2 Å². The summed E-state index contributed by atoms with van der Waals surface area (Å²) in [6, 6.07) is 18.4. The molecule has 0 saturated carbocycles. The number of nitrogens with zero attached hydrogens (tertiary/aromatic N) is 4. The molecule has 6 rings (SSSR count). The lowest BCUT2D eigenvalue weighted by Gasteiger charge is -2.31. The SMILES string of the molecule is COc1ccccc1-c1nc(COc2ccc(C[C@H]3[C@@H](CN(CC(C)C)S(=O)(=O)c4ccc5c(c4)OCO5)OC(C)(C)N3C(=O)O)cc2)no1. The summed E-state index contributed by atoms with van der Waals surface area (Å²) in [5.74, 6) is 2.62. The fraction of sp³-hybridized carbons (Fsp3) is 0.400. The number of hydrogen-bond acceptors (Lipinski definition) is 11. The molecular weight excluding hydrogens is 668 g/mol. The highest BCUT2D eigenvalue weighted by molar-refractivity contribution is 7.89. The lowest BCUT2D eigenvalue weighted by atomic mass is 10.00. The van der Waals surface area contributed by atoms with Crippen molar-refractivity contribution in [1.82, 2.24) is 19.3 Å². The molecule has 2 atom stereocenters. The third kappa shape index (κ3) is 7.34. The van der Waals surface area contributed by atoms with Crippen molar-refractivity contribution in [3.8, 4) is 34.5 Å². The van der Waals surface area contributed by atoms with Crippen LogP contribution < -0.4 is 18.9 Å². The number of rotatable bonds is 13. The van der Waals surface area contributed by atoms with E-state index < -0.39 is 34.0 Å². The molecule has 0 unspecified atom stereocenters. The number of benzene rings is 3. The molecule has 4 aromatic rings. The van der Waals surface area contributed by atoms with Crippen molar-refractivity contribution in [2.75, 3.05) is 27.0 Å². The number of carboxylic acid groups (broad SMARTS) is 1. The summed E-state index contributed by atoms with van der Waals surface area (Å²) < 4.78 is 63.2. The summed E-state index contributed by atoms with van der Waals surface area (Å²) in [4.78, 5) is 18.3. The minimum atomic E-state index is -4.02. The topological polar surface area (TPSA) is 163 Å². The van der Waals surface area contributed by atoms with Gasteiger partial charge in [-0.05, 0) is 68.1 Å². The monoisotopic (exact) mass is 708 g/mol. The van der Waals surface area contributed by atoms with Gasteiger partial charge in [-0.1, -0.05) is 43.3 Å². The van der Waals surface area contributed by atoms with Gasteiger partial charge in [-0.2, -0.15) is 9.29 Å². The first-order valence-electron chi connectivity index (χ1n) is 16.1. The van der Waals surface area contributed by atoms with E-state index >= 15 is 0 Å². The first kappa shape index (κ1) is 35.0. The summed E-state index contributed by atoms with van der Waals surface area (Å²) in [5.41, 5.74) is 0.277. The molecule has 1 aromatic heterocycles. The van der Waals surface area contributed by atoms with Gasteiger partial charge in [-0.15, -0.1) is 0 Å². The van der Waals surface area contributed by atoms with Gasteiger partial charge in [0.1, 0.15) is 17.2 Å². The maximum absolute atomic E-state index is 14.0. The Bertz CT molecular complexity index is 1930. The predicted octanol–water partition coefficient (Wildman–Crippen LogP) is 5.43. The zero-order chi connectivity index (χ0) is 35.6. The summed E-state index contributed by atoms with van der Waals surface area (Å²) in [5, 5.41) is 14.3. The quantitative estimate of drug-likeness (QED) is 0.188. The van der Waals surface area contributed by atoms with Crippen LogP contribution in [0.2, 0.25) is 0 Å². The molecule has 266 valence electrons. The number of methoxy groups -OCH3 is 1. The molecular formula is C35H40N4O10S. The Labute approximate surface area is 290 Å². The zero-order valence-electron chi connectivity index (χ0n) is 28.4. The van der Waals surface area contributed by atoms with Gasteiger partial charge in [0.2, 0.25) is 22.6 Å². The Morgan fingerprint density at radius 1 is 1.08 bits per heavy atom. The average molecular weight is 709 g/mol. The molecule has 0 radical (unpaired) electrons. The molecule has 2 aliphatic heterocycles. The molecule has 1 fully saturated rings. The molecule has 1 saturated heterocycles. The number of ether oxygens (including phenoxy) is 5. The molecule has 3 heterocycles. The largest absolute Gasteiger partial charge is 0.496 e. The van der Waals surface area contributed by atoms with Crippen LogP contribution in [0.25, 0.3) is 11.5 Å². The van der Waals surface area contributed by atoms with Crippen molar-refractivity contribution in [2.45, 2.75) is 63.5 Å². The van der Waals surface area contributed by atoms with Crippen molar-refractivity contribution in [3.63, 3.8) is 0 Å². The minimum absolute atomic E-state index is 0.0176. The lowest BCUT2D eigenvalue weighted by molar-refractivity contribution is -0.0691. The number of sulfonamides is 1. The first-order valence-corrected chi connectivity index (χ1v) is 17.6. The standard InChI is InChI=1S/C35H40N4O10S/c1-22(2)18-38(50(42,43)25-14-15-29-30(17-25)47-21-46-29)19-31-27(39(34(40)41)35(3,4)48-31)16-23-10-12-24(13-11-23)45-20-32-36-33(49-37-32)26-8-6-7-9-28(26)44-5/h6-15,17,22,27,31H,16,18-21H2,1-5H3,(H,40,41)/t27-,31+/m0/s1. The molecule has 2 aliphatic rings. The van der Waals surface area contributed by atoms with Gasteiger partial charge >= 0.3 is 6.09 Å². The number of aromatic nitrogens is 2. The minimum Gasteiger partial charge on any atom is -0.496 e. The third-order valence-corrected chi connectivity index (χ3v) is 10.3. The molecule has 0 bridgehead atoms. The number of amides is 1. The van der Waals surface area contributed by atoms with E-state index in [9.17, 15) is 18.3 Å². The molecule has 1 N–H and O–H groups in total. The van der Waals surface area contributed by atoms with Gasteiger partial charge in [0.05, 0.1) is 29.7 Å². The van der Waals surface area contributed by atoms with E-state index in [1.54, 1.807) is 45.2 Å². The highest BCUT2D eigenvalue weighted by Gasteiger charge is 2.51. The molecule has 50 heavy (non-hydrogen) atoms. The summed E-state index contributed by atoms with van der Waals surface area (Å²) in [6.45, 7) is 7.39. The highest BCUT2D eigenvalue weighted by Crippen LogP contribution is 2.38. The fourth-order valence-corrected chi connectivity index (χ4v) is 7.88. The van der Waals surface area contributed by atoms with Crippen LogP contribution in [0.1, 0.15) is 39.1 Å². The molecule has 1 amide bonds. The van der Waals surface area contributed by atoms with Crippen LogP contribution in [0.5, 0.6) is 23.0 Å². The Hall–Kier alpha value is -4.86. The van der Waals surface area contributed by atoms with E-state index in [2.05, 4.69) is 10.1 Å². The van der Waals surface area contributed by atoms with Crippen molar-refractivity contribution in [1.29, 1.82) is 0 Å². The van der Waals surface area contributed by atoms with Crippen LogP contribution in [0.4, 0.5) is 4.79 Å².